The average Bonchev–Trinajstić information content (AvgIpc) is 2.47. The first-order valence-electron chi connectivity index (χ1n) is 6.94. The summed E-state index contributed by atoms with van der Waals surface area (Å²) in [7, 11) is 0. The van der Waals surface area contributed by atoms with E-state index in [1.54, 1.807) is 24.3 Å². The predicted molar refractivity (Wildman–Crippen MR) is 81.4 cm³/mol. The van der Waals surface area contributed by atoms with E-state index in [1.165, 1.54) is 11.1 Å². The predicted octanol–water partition coefficient (Wildman–Crippen LogP) is 4.20. The Hall–Kier alpha value is -2.22. The lowest BCUT2D eigenvalue weighted by Gasteiger charge is -2.15. The molecule has 0 bridgehead atoms. The fourth-order valence-electron chi connectivity index (χ4n) is 2.50. The fourth-order valence-corrected chi connectivity index (χ4v) is 2.50. The van der Waals surface area contributed by atoms with Gasteiger partial charge in [-0.25, -0.2) is 0 Å². The maximum absolute atomic E-state index is 11.2. The van der Waals surface area contributed by atoms with Crippen LogP contribution in [0.2, 0.25) is 0 Å². The summed E-state index contributed by atoms with van der Waals surface area (Å²) in [4.78, 5) is 0. The van der Waals surface area contributed by atoms with Crippen LogP contribution in [0.4, 0.5) is 0 Å². The SMILES string of the molecule is CC/C(=C(/CC)c1ccc(O)cc1)c1ccc([O-])cc1. The Balaban J connectivity index is 2.52. The molecule has 0 aliphatic heterocycles. The van der Waals surface area contributed by atoms with E-state index in [9.17, 15) is 10.2 Å². The summed E-state index contributed by atoms with van der Waals surface area (Å²) in [6.07, 6.45) is 1.81. The number of phenolic OH excluding ortho intramolecular Hbond substituents is 1. The Morgan fingerprint density at radius 2 is 1.20 bits per heavy atom. The summed E-state index contributed by atoms with van der Waals surface area (Å²) < 4.78 is 0. The molecule has 0 aliphatic carbocycles. The van der Waals surface area contributed by atoms with E-state index in [0.717, 1.165) is 24.0 Å². The molecule has 0 radical (unpaired) electrons. The van der Waals surface area contributed by atoms with E-state index in [1.807, 2.05) is 24.3 Å². The highest BCUT2D eigenvalue weighted by molar-refractivity contribution is 5.90. The molecule has 0 saturated carbocycles. The smallest absolute Gasteiger partial charge is 0.115 e. The Kier molecular flexibility index (Phi) is 4.46. The molecule has 2 aromatic rings. The van der Waals surface area contributed by atoms with Gasteiger partial charge in [0.15, 0.2) is 0 Å². The minimum absolute atomic E-state index is 0.0342. The molecule has 2 heteroatoms. The number of aromatic hydroxyl groups is 1. The zero-order valence-electron chi connectivity index (χ0n) is 11.9. The Labute approximate surface area is 120 Å². The lowest BCUT2D eigenvalue weighted by molar-refractivity contribution is -0.268. The van der Waals surface area contributed by atoms with Crippen LogP contribution in [0.3, 0.4) is 0 Å². The first kappa shape index (κ1) is 14.2. The molecule has 0 heterocycles. The van der Waals surface area contributed by atoms with E-state index in [4.69, 9.17) is 0 Å². The number of rotatable bonds is 4. The van der Waals surface area contributed by atoms with Crippen molar-refractivity contribution in [2.24, 2.45) is 0 Å². The maximum atomic E-state index is 11.2. The summed E-state index contributed by atoms with van der Waals surface area (Å²) in [5, 5.41) is 20.6. The van der Waals surface area contributed by atoms with Crippen molar-refractivity contribution in [1.29, 1.82) is 0 Å². The second-order valence-electron chi connectivity index (χ2n) is 4.74. The van der Waals surface area contributed by atoms with Crippen LogP contribution in [0.1, 0.15) is 37.8 Å². The van der Waals surface area contributed by atoms with Gasteiger partial charge < -0.3 is 10.2 Å². The number of hydrogen-bond donors (Lipinski definition) is 1. The number of benzene rings is 2. The molecule has 1 N–H and O–H groups in total. The molecule has 0 atom stereocenters. The standard InChI is InChI=1S/C18H20O2/c1-3-17(13-5-9-15(19)10-6-13)18(4-2)14-7-11-16(20)12-8-14/h5-12,19-20H,3-4H2,1-2H3/p-1/b18-17+. The van der Waals surface area contributed by atoms with Crippen molar-refractivity contribution in [3.63, 3.8) is 0 Å². The summed E-state index contributed by atoms with van der Waals surface area (Å²) in [6.45, 7) is 4.25. The zero-order valence-corrected chi connectivity index (χ0v) is 11.9. The van der Waals surface area contributed by atoms with Crippen LogP contribution in [0.15, 0.2) is 48.5 Å². The highest BCUT2D eigenvalue weighted by atomic mass is 16.3. The molecule has 0 fully saturated rings. The highest BCUT2D eigenvalue weighted by Gasteiger charge is 2.08. The van der Waals surface area contributed by atoms with E-state index in [0.29, 0.717) is 0 Å². The first-order valence-corrected chi connectivity index (χ1v) is 6.94. The van der Waals surface area contributed by atoms with Crippen LogP contribution < -0.4 is 5.11 Å². The monoisotopic (exact) mass is 267 g/mol. The topological polar surface area (TPSA) is 43.3 Å². The van der Waals surface area contributed by atoms with Gasteiger partial charge in [0.25, 0.3) is 0 Å². The van der Waals surface area contributed by atoms with Crippen LogP contribution >= 0.6 is 0 Å². The van der Waals surface area contributed by atoms with Gasteiger partial charge in [0, 0.05) is 0 Å². The van der Waals surface area contributed by atoms with Crippen LogP contribution in [0, 0.1) is 0 Å². The van der Waals surface area contributed by atoms with Gasteiger partial charge in [-0.05, 0) is 47.2 Å². The van der Waals surface area contributed by atoms with E-state index >= 15 is 0 Å². The van der Waals surface area contributed by atoms with Gasteiger partial charge in [0.1, 0.15) is 5.75 Å². The van der Waals surface area contributed by atoms with E-state index in [2.05, 4.69) is 13.8 Å². The Morgan fingerprint density at radius 1 is 0.800 bits per heavy atom. The molecule has 0 aliphatic rings. The van der Waals surface area contributed by atoms with Crippen LogP contribution in [0.25, 0.3) is 11.1 Å². The van der Waals surface area contributed by atoms with E-state index in [-0.39, 0.29) is 11.5 Å². The van der Waals surface area contributed by atoms with E-state index < -0.39 is 0 Å². The Morgan fingerprint density at radius 3 is 1.60 bits per heavy atom. The molecule has 2 nitrogen and oxygen atoms in total. The van der Waals surface area contributed by atoms with Gasteiger partial charge in [0.2, 0.25) is 0 Å². The molecule has 20 heavy (non-hydrogen) atoms. The summed E-state index contributed by atoms with van der Waals surface area (Å²) in [5.41, 5.74) is 4.72. The van der Waals surface area contributed by atoms with Crippen molar-refractivity contribution in [1.82, 2.24) is 0 Å². The largest absolute Gasteiger partial charge is 0.872 e. The average molecular weight is 267 g/mol. The van der Waals surface area contributed by atoms with Crippen molar-refractivity contribution < 1.29 is 10.2 Å². The third-order valence-electron chi connectivity index (χ3n) is 3.49. The van der Waals surface area contributed by atoms with Crippen LogP contribution in [-0.2, 0) is 0 Å². The zero-order chi connectivity index (χ0) is 14.5. The molecule has 0 spiro atoms. The van der Waals surface area contributed by atoms with Gasteiger partial charge in [-0.1, -0.05) is 50.2 Å². The lowest BCUT2D eigenvalue weighted by atomic mass is 9.91. The van der Waals surface area contributed by atoms with Crippen molar-refractivity contribution in [3.05, 3.63) is 59.7 Å². The molecular weight excluding hydrogens is 248 g/mol. The number of allylic oxidation sites excluding steroid dienone is 2. The second kappa shape index (κ2) is 6.29. The van der Waals surface area contributed by atoms with Crippen LogP contribution in [-0.4, -0.2) is 5.11 Å². The minimum atomic E-state index is 0.0342. The normalized spacial score (nSPS) is 12.1. The molecular formula is C18H19O2-. The highest BCUT2D eigenvalue weighted by Crippen LogP contribution is 2.32. The van der Waals surface area contributed by atoms with Gasteiger partial charge in [0.05, 0.1) is 0 Å². The van der Waals surface area contributed by atoms with Gasteiger partial charge >= 0.3 is 0 Å². The second-order valence-corrected chi connectivity index (χ2v) is 4.74. The van der Waals surface area contributed by atoms with Crippen molar-refractivity contribution in [2.75, 3.05) is 0 Å². The molecule has 0 unspecified atom stereocenters. The van der Waals surface area contributed by atoms with Crippen molar-refractivity contribution in [3.8, 4) is 11.5 Å². The summed E-state index contributed by atoms with van der Waals surface area (Å²) in [6, 6.07) is 14.3. The first-order chi connectivity index (χ1) is 9.65. The molecule has 2 rings (SSSR count). The Bertz CT molecular complexity index is 537. The molecule has 104 valence electrons. The molecule has 2 aromatic carbocycles. The number of hydrogen-bond acceptors (Lipinski definition) is 2. The number of phenols is 1. The fraction of sp³-hybridized carbons (Fsp3) is 0.222. The maximum Gasteiger partial charge on any atom is 0.115 e. The molecule has 0 amide bonds. The van der Waals surface area contributed by atoms with Gasteiger partial charge in [-0.3, -0.25) is 0 Å². The van der Waals surface area contributed by atoms with Crippen LogP contribution in [0.5, 0.6) is 11.5 Å². The van der Waals surface area contributed by atoms with Gasteiger partial charge in [-0.2, -0.15) is 0 Å². The molecule has 0 aromatic heterocycles. The lowest BCUT2D eigenvalue weighted by Crippen LogP contribution is -1.93. The summed E-state index contributed by atoms with van der Waals surface area (Å²) >= 11 is 0. The van der Waals surface area contributed by atoms with Crippen molar-refractivity contribution in [2.45, 2.75) is 26.7 Å². The minimum Gasteiger partial charge on any atom is -0.872 e. The third-order valence-corrected chi connectivity index (χ3v) is 3.49. The third kappa shape index (κ3) is 3.02. The molecule has 0 saturated heterocycles. The van der Waals surface area contributed by atoms with Gasteiger partial charge in [-0.15, -0.1) is 5.75 Å². The van der Waals surface area contributed by atoms with Crippen molar-refractivity contribution >= 4 is 11.1 Å². The summed E-state index contributed by atoms with van der Waals surface area (Å²) in [5.74, 6) is 0.310. The quantitative estimate of drug-likeness (QED) is 0.844.